The molecule has 0 amide bonds. The van der Waals surface area contributed by atoms with Crippen molar-refractivity contribution in [2.45, 2.75) is 4.21 Å². The Morgan fingerprint density at radius 2 is 1.63 bits per heavy atom. The van der Waals surface area contributed by atoms with Crippen LogP contribution in [0.5, 0.6) is 0 Å². The monoisotopic (exact) mass is 375 g/mol. The Morgan fingerprint density at radius 1 is 0.947 bits per heavy atom. The zero-order valence-corrected chi connectivity index (χ0v) is 13.6. The van der Waals surface area contributed by atoms with Gasteiger partial charge in [0.05, 0.1) is 20.8 Å². The number of nitrogens with one attached hydrogen (secondary N) is 1. The van der Waals surface area contributed by atoms with Crippen molar-refractivity contribution < 1.29 is 8.42 Å². The number of hydrogen-bond acceptors (Lipinski definition) is 3. The lowest BCUT2D eigenvalue weighted by atomic mass is 10.3. The van der Waals surface area contributed by atoms with Gasteiger partial charge in [-0.2, -0.15) is 0 Å². The van der Waals surface area contributed by atoms with Crippen LogP contribution in [0.1, 0.15) is 0 Å². The molecule has 1 aromatic heterocycles. The van der Waals surface area contributed by atoms with E-state index in [1.807, 2.05) is 0 Å². The summed E-state index contributed by atoms with van der Waals surface area (Å²) in [5.74, 6) is 0. The predicted octanol–water partition coefficient (Wildman–Crippen LogP) is 5.16. The number of anilines is 1. The lowest BCUT2D eigenvalue weighted by Crippen LogP contribution is -2.11. The molecule has 3 nitrogen and oxygen atoms in total. The van der Waals surface area contributed by atoms with Gasteiger partial charge in [0.2, 0.25) is 0 Å². The van der Waals surface area contributed by atoms with Crippen LogP contribution in [0.2, 0.25) is 19.4 Å². The first-order valence-corrected chi connectivity index (χ1v) is 8.53. The molecular weight excluding hydrogens is 372 g/mol. The predicted molar refractivity (Wildman–Crippen MR) is 81.6 cm³/mol. The summed E-state index contributed by atoms with van der Waals surface area (Å²) in [6.45, 7) is 0. The van der Waals surface area contributed by atoms with Gasteiger partial charge in [0.1, 0.15) is 8.55 Å². The summed E-state index contributed by atoms with van der Waals surface area (Å²) in [5.41, 5.74) is 0.301. The average molecular weight is 377 g/mol. The minimum Gasteiger partial charge on any atom is -0.279 e. The second-order valence-corrected chi connectivity index (χ2v) is 8.21. The Bertz CT molecular complexity index is 708. The van der Waals surface area contributed by atoms with Crippen LogP contribution in [0, 0.1) is 0 Å². The third kappa shape index (κ3) is 3.48. The third-order valence-electron chi connectivity index (χ3n) is 2.06. The van der Waals surface area contributed by atoms with Gasteiger partial charge in [-0.25, -0.2) is 8.42 Å². The van der Waals surface area contributed by atoms with Gasteiger partial charge in [0.15, 0.2) is 0 Å². The zero-order valence-electron chi connectivity index (χ0n) is 8.95. The fourth-order valence-corrected chi connectivity index (χ4v) is 4.45. The molecular formula is C10H5Cl4NO2S2. The SMILES string of the molecule is O=S(=O)(Nc1ccc(Cl)c(Cl)c1)c1cc(Cl)c(Cl)s1. The minimum atomic E-state index is -3.75. The van der Waals surface area contributed by atoms with E-state index in [1.165, 1.54) is 24.3 Å². The summed E-state index contributed by atoms with van der Waals surface area (Å²) >= 11 is 23.9. The molecule has 19 heavy (non-hydrogen) atoms. The highest BCUT2D eigenvalue weighted by molar-refractivity contribution is 7.94. The molecule has 0 aliphatic rings. The minimum absolute atomic E-state index is 0.0218. The molecule has 0 aliphatic carbocycles. The Balaban J connectivity index is 2.33. The van der Waals surface area contributed by atoms with Crippen LogP contribution >= 0.6 is 57.7 Å². The van der Waals surface area contributed by atoms with E-state index in [-0.39, 0.29) is 18.6 Å². The molecule has 0 unspecified atom stereocenters. The molecule has 102 valence electrons. The molecule has 1 aromatic carbocycles. The van der Waals surface area contributed by atoms with E-state index in [2.05, 4.69) is 4.72 Å². The average Bonchev–Trinajstić information content (AvgIpc) is 2.65. The smallest absolute Gasteiger partial charge is 0.271 e. The topological polar surface area (TPSA) is 46.2 Å². The van der Waals surface area contributed by atoms with Crippen molar-refractivity contribution in [3.05, 3.63) is 43.7 Å². The summed E-state index contributed by atoms with van der Waals surface area (Å²) in [6, 6.07) is 5.70. The Hall–Kier alpha value is -0.170. The summed E-state index contributed by atoms with van der Waals surface area (Å²) in [4.78, 5) is 0. The first kappa shape index (κ1) is 15.2. The molecule has 0 spiro atoms. The summed E-state index contributed by atoms with van der Waals surface area (Å²) in [6.07, 6.45) is 0. The summed E-state index contributed by atoms with van der Waals surface area (Å²) in [7, 11) is -3.75. The van der Waals surface area contributed by atoms with Gasteiger partial charge < -0.3 is 0 Å². The van der Waals surface area contributed by atoms with Crippen molar-refractivity contribution in [2.24, 2.45) is 0 Å². The highest BCUT2D eigenvalue weighted by Gasteiger charge is 2.19. The van der Waals surface area contributed by atoms with Gasteiger partial charge in [-0.3, -0.25) is 4.72 Å². The van der Waals surface area contributed by atoms with Gasteiger partial charge in [-0.15, -0.1) is 11.3 Å². The maximum atomic E-state index is 12.1. The first-order valence-electron chi connectivity index (χ1n) is 4.72. The standard InChI is InChI=1S/C10H5Cl4NO2S2/c11-6-2-1-5(3-7(6)12)15-19(16,17)9-4-8(13)10(14)18-9/h1-4,15H. The van der Waals surface area contributed by atoms with E-state index in [1.54, 1.807) is 0 Å². The van der Waals surface area contributed by atoms with E-state index in [0.717, 1.165) is 11.3 Å². The highest BCUT2D eigenvalue weighted by Crippen LogP contribution is 2.35. The van der Waals surface area contributed by atoms with Gasteiger partial charge in [0.25, 0.3) is 10.0 Å². The van der Waals surface area contributed by atoms with Gasteiger partial charge in [-0.1, -0.05) is 46.4 Å². The molecule has 0 radical (unpaired) electrons. The van der Waals surface area contributed by atoms with Crippen molar-refractivity contribution in [1.29, 1.82) is 0 Å². The van der Waals surface area contributed by atoms with E-state index < -0.39 is 10.0 Å². The molecule has 1 N–H and O–H groups in total. The van der Waals surface area contributed by atoms with E-state index in [4.69, 9.17) is 46.4 Å². The number of halogens is 4. The molecule has 9 heteroatoms. The van der Waals surface area contributed by atoms with Crippen LogP contribution in [0.3, 0.4) is 0 Å². The van der Waals surface area contributed by atoms with Crippen LogP contribution in [0.25, 0.3) is 0 Å². The normalized spacial score (nSPS) is 11.6. The van der Waals surface area contributed by atoms with E-state index >= 15 is 0 Å². The largest absolute Gasteiger partial charge is 0.279 e. The summed E-state index contributed by atoms with van der Waals surface area (Å²) < 4.78 is 26.7. The Kier molecular flexibility index (Phi) is 4.55. The highest BCUT2D eigenvalue weighted by atomic mass is 35.5. The first-order chi connectivity index (χ1) is 8.79. The van der Waals surface area contributed by atoms with Crippen molar-refractivity contribution >= 4 is 73.5 Å². The van der Waals surface area contributed by atoms with Crippen molar-refractivity contribution in [3.8, 4) is 0 Å². The quantitative estimate of drug-likeness (QED) is 0.803. The number of rotatable bonds is 3. The molecule has 2 aromatic rings. The van der Waals surface area contributed by atoms with Crippen molar-refractivity contribution in [3.63, 3.8) is 0 Å². The third-order valence-corrected chi connectivity index (χ3v) is 6.52. The van der Waals surface area contributed by atoms with E-state index in [0.29, 0.717) is 10.7 Å². The number of hydrogen-bond donors (Lipinski definition) is 1. The van der Waals surface area contributed by atoms with Crippen LogP contribution in [-0.4, -0.2) is 8.42 Å². The Morgan fingerprint density at radius 3 is 2.16 bits per heavy atom. The molecule has 0 saturated carbocycles. The molecule has 0 atom stereocenters. The fourth-order valence-electron chi connectivity index (χ4n) is 1.22. The number of thiophene rings is 1. The maximum Gasteiger partial charge on any atom is 0.271 e. The van der Waals surface area contributed by atoms with Gasteiger partial charge in [0, 0.05) is 0 Å². The molecule has 1 heterocycles. The fraction of sp³-hybridized carbons (Fsp3) is 0. The van der Waals surface area contributed by atoms with Crippen molar-refractivity contribution in [1.82, 2.24) is 0 Å². The molecule has 0 saturated heterocycles. The van der Waals surface area contributed by atoms with Crippen LogP contribution in [0.15, 0.2) is 28.5 Å². The number of sulfonamides is 1. The van der Waals surface area contributed by atoms with Crippen molar-refractivity contribution in [2.75, 3.05) is 4.72 Å². The molecule has 0 bridgehead atoms. The second kappa shape index (κ2) is 5.68. The molecule has 2 rings (SSSR count). The lowest BCUT2D eigenvalue weighted by Gasteiger charge is -2.06. The lowest BCUT2D eigenvalue weighted by molar-refractivity contribution is 0.603. The van der Waals surface area contributed by atoms with Crippen LogP contribution < -0.4 is 4.72 Å². The molecule has 0 aliphatic heterocycles. The summed E-state index contributed by atoms with van der Waals surface area (Å²) in [5, 5.41) is 0.789. The Labute approximate surface area is 134 Å². The maximum absolute atomic E-state index is 12.1. The van der Waals surface area contributed by atoms with E-state index in [9.17, 15) is 8.42 Å². The van der Waals surface area contributed by atoms with Crippen LogP contribution in [-0.2, 0) is 10.0 Å². The number of benzene rings is 1. The van der Waals surface area contributed by atoms with Gasteiger partial charge >= 0.3 is 0 Å². The van der Waals surface area contributed by atoms with Gasteiger partial charge in [-0.05, 0) is 24.3 Å². The molecule has 0 fully saturated rings. The second-order valence-electron chi connectivity index (χ2n) is 3.42. The zero-order chi connectivity index (χ0) is 14.2. The van der Waals surface area contributed by atoms with Crippen LogP contribution in [0.4, 0.5) is 5.69 Å².